The summed E-state index contributed by atoms with van der Waals surface area (Å²) < 4.78 is 5.24. The Morgan fingerprint density at radius 1 is 1.37 bits per heavy atom. The normalized spacial score (nSPS) is 10.3. The van der Waals surface area contributed by atoms with E-state index in [1.807, 2.05) is 18.4 Å². The molecule has 5 nitrogen and oxygen atoms in total. The standard InChI is InChI=1S/C13H8N4OS/c1-8-7-15-4-2-10(8)12-16-13(18-17-12)11-9(6-14)3-5-19-11/h2-5,7H,1H3. The molecule has 0 aliphatic carbocycles. The van der Waals surface area contributed by atoms with E-state index in [4.69, 9.17) is 9.78 Å². The number of hydrogen-bond acceptors (Lipinski definition) is 6. The highest BCUT2D eigenvalue weighted by molar-refractivity contribution is 7.13. The molecule has 0 atom stereocenters. The molecular formula is C13H8N4OS. The molecule has 0 saturated heterocycles. The molecule has 0 saturated carbocycles. The Morgan fingerprint density at radius 3 is 3.05 bits per heavy atom. The molecule has 19 heavy (non-hydrogen) atoms. The Hall–Kier alpha value is -2.52. The van der Waals surface area contributed by atoms with Crippen LogP contribution >= 0.6 is 11.3 Å². The van der Waals surface area contributed by atoms with Crippen molar-refractivity contribution >= 4 is 11.3 Å². The van der Waals surface area contributed by atoms with E-state index in [0.29, 0.717) is 22.2 Å². The molecule has 0 amide bonds. The molecule has 0 aliphatic heterocycles. The van der Waals surface area contributed by atoms with Crippen molar-refractivity contribution < 1.29 is 4.52 Å². The SMILES string of the molecule is Cc1cnccc1-c1noc(-c2sccc2C#N)n1. The second kappa shape index (κ2) is 4.63. The van der Waals surface area contributed by atoms with Gasteiger partial charge in [0.1, 0.15) is 10.9 Å². The van der Waals surface area contributed by atoms with Crippen LogP contribution in [-0.2, 0) is 0 Å². The highest BCUT2D eigenvalue weighted by atomic mass is 32.1. The predicted molar refractivity (Wildman–Crippen MR) is 70.3 cm³/mol. The Labute approximate surface area is 113 Å². The predicted octanol–water partition coefficient (Wildman–Crippen LogP) is 3.04. The average molecular weight is 268 g/mol. The minimum absolute atomic E-state index is 0.373. The first kappa shape index (κ1) is 11.6. The summed E-state index contributed by atoms with van der Waals surface area (Å²) in [5.41, 5.74) is 2.40. The van der Waals surface area contributed by atoms with E-state index >= 15 is 0 Å². The van der Waals surface area contributed by atoms with E-state index in [-0.39, 0.29) is 0 Å². The van der Waals surface area contributed by atoms with E-state index in [1.54, 1.807) is 18.5 Å². The first-order valence-corrected chi connectivity index (χ1v) is 6.40. The lowest BCUT2D eigenvalue weighted by Crippen LogP contribution is -1.86. The second-order valence-electron chi connectivity index (χ2n) is 3.89. The van der Waals surface area contributed by atoms with Crippen LogP contribution in [0.15, 0.2) is 34.4 Å². The third-order valence-electron chi connectivity index (χ3n) is 2.67. The summed E-state index contributed by atoms with van der Waals surface area (Å²) in [5, 5.41) is 14.8. The summed E-state index contributed by atoms with van der Waals surface area (Å²) >= 11 is 1.41. The molecular weight excluding hydrogens is 260 g/mol. The molecule has 6 heteroatoms. The van der Waals surface area contributed by atoms with Crippen LogP contribution in [0, 0.1) is 18.3 Å². The summed E-state index contributed by atoms with van der Waals surface area (Å²) in [6.45, 7) is 1.93. The van der Waals surface area contributed by atoms with Crippen molar-refractivity contribution in [3.63, 3.8) is 0 Å². The molecule has 3 aromatic heterocycles. The van der Waals surface area contributed by atoms with Gasteiger partial charge in [-0.15, -0.1) is 11.3 Å². The molecule has 0 radical (unpaired) electrons. The fourth-order valence-corrected chi connectivity index (χ4v) is 2.48. The highest BCUT2D eigenvalue weighted by Gasteiger charge is 2.16. The molecule has 0 fully saturated rings. The van der Waals surface area contributed by atoms with Gasteiger partial charge in [0, 0.05) is 18.0 Å². The minimum atomic E-state index is 0.373. The van der Waals surface area contributed by atoms with Crippen LogP contribution in [0.1, 0.15) is 11.1 Å². The molecule has 0 aromatic carbocycles. The lowest BCUT2D eigenvalue weighted by atomic mass is 10.1. The van der Waals surface area contributed by atoms with Crippen LogP contribution in [0.4, 0.5) is 0 Å². The average Bonchev–Trinajstić information content (AvgIpc) is 3.07. The van der Waals surface area contributed by atoms with Crippen molar-refractivity contribution in [1.82, 2.24) is 15.1 Å². The maximum atomic E-state index is 9.00. The van der Waals surface area contributed by atoms with E-state index in [2.05, 4.69) is 21.2 Å². The third kappa shape index (κ3) is 2.00. The summed E-state index contributed by atoms with van der Waals surface area (Å²) in [6, 6.07) is 5.68. The number of rotatable bonds is 2. The molecule has 0 unspecified atom stereocenters. The van der Waals surface area contributed by atoms with Gasteiger partial charge >= 0.3 is 0 Å². The van der Waals surface area contributed by atoms with Gasteiger partial charge in [-0.2, -0.15) is 10.2 Å². The monoisotopic (exact) mass is 268 g/mol. The van der Waals surface area contributed by atoms with E-state index in [0.717, 1.165) is 11.1 Å². The van der Waals surface area contributed by atoms with E-state index < -0.39 is 0 Å². The van der Waals surface area contributed by atoms with Crippen LogP contribution in [0.2, 0.25) is 0 Å². The number of nitriles is 1. The number of nitrogens with zero attached hydrogens (tertiary/aromatic N) is 4. The van der Waals surface area contributed by atoms with Gasteiger partial charge in [0.15, 0.2) is 0 Å². The van der Waals surface area contributed by atoms with Gasteiger partial charge in [-0.3, -0.25) is 4.98 Å². The molecule has 0 bridgehead atoms. The molecule has 3 aromatic rings. The fraction of sp³-hybridized carbons (Fsp3) is 0.0769. The van der Waals surface area contributed by atoms with Crippen molar-refractivity contribution in [3.05, 3.63) is 41.0 Å². The maximum absolute atomic E-state index is 9.00. The van der Waals surface area contributed by atoms with Gasteiger partial charge in [-0.1, -0.05) is 5.16 Å². The van der Waals surface area contributed by atoms with Crippen molar-refractivity contribution in [2.75, 3.05) is 0 Å². The molecule has 0 spiro atoms. The van der Waals surface area contributed by atoms with Crippen molar-refractivity contribution in [2.24, 2.45) is 0 Å². The van der Waals surface area contributed by atoms with Gasteiger partial charge in [-0.25, -0.2) is 0 Å². The van der Waals surface area contributed by atoms with E-state index in [9.17, 15) is 0 Å². The quantitative estimate of drug-likeness (QED) is 0.714. The molecule has 3 rings (SSSR count). The van der Waals surface area contributed by atoms with Crippen LogP contribution in [0.3, 0.4) is 0 Å². The fourth-order valence-electron chi connectivity index (χ4n) is 1.71. The minimum Gasteiger partial charge on any atom is -0.333 e. The molecule has 0 aliphatic rings. The van der Waals surface area contributed by atoms with Crippen molar-refractivity contribution in [3.8, 4) is 28.2 Å². The number of hydrogen-bond donors (Lipinski definition) is 0. The summed E-state index contributed by atoms with van der Waals surface area (Å²) in [7, 11) is 0. The zero-order valence-corrected chi connectivity index (χ0v) is 10.8. The van der Waals surface area contributed by atoms with Gasteiger partial charge < -0.3 is 4.52 Å². The first-order chi connectivity index (χ1) is 9.29. The Kier molecular flexibility index (Phi) is 2.82. The Bertz CT molecular complexity index is 752. The van der Waals surface area contributed by atoms with Gasteiger partial charge in [-0.05, 0) is 30.0 Å². The van der Waals surface area contributed by atoms with Crippen LogP contribution in [-0.4, -0.2) is 15.1 Å². The number of pyridine rings is 1. The molecule has 92 valence electrons. The zero-order valence-electron chi connectivity index (χ0n) is 9.99. The second-order valence-corrected chi connectivity index (χ2v) is 4.81. The molecule has 0 N–H and O–H groups in total. The Morgan fingerprint density at radius 2 is 2.26 bits per heavy atom. The van der Waals surface area contributed by atoms with Crippen LogP contribution < -0.4 is 0 Å². The number of aromatic nitrogens is 3. The molecule has 3 heterocycles. The summed E-state index contributed by atoms with van der Waals surface area (Å²) in [6.07, 6.45) is 3.43. The van der Waals surface area contributed by atoms with Crippen molar-refractivity contribution in [1.29, 1.82) is 5.26 Å². The van der Waals surface area contributed by atoms with Crippen LogP contribution in [0.5, 0.6) is 0 Å². The number of aryl methyl sites for hydroxylation is 1. The van der Waals surface area contributed by atoms with Gasteiger partial charge in [0.05, 0.1) is 5.56 Å². The number of thiophene rings is 1. The van der Waals surface area contributed by atoms with Crippen molar-refractivity contribution in [2.45, 2.75) is 6.92 Å². The maximum Gasteiger partial charge on any atom is 0.269 e. The van der Waals surface area contributed by atoms with Crippen LogP contribution in [0.25, 0.3) is 22.2 Å². The first-order valence-electron chi connectivity index (χ1n) is 5.52. The summed E-state index contributed by atoms with van der Waals surface area (Å²) in [4.78, 5) is 9.08. The van der Waals surface area contributed by atoms with Gasteiger partial charge in [0.2, 0.25) is 5.82 Å². The summed E-state index contributed by atoms with van der Waals surface area (Å²) in [5.74, 6) is 0.880. The third-order valence-corrected chi connectivity index (χ3v) is 3.57. The lowest BCUT2D eigenvalue weighted by Gasteiger charge is -1.97. The topological polar surface area (TPSA) is 75.6 Å². The zero-order chi connectivity index (χ0) is 13.2. The van der Waals surface area contributed by atoms with Gasteiger partial charge in [0.25, 0.3) is 5.89 Å². The highest BCUT2D eigenvalue weighted by Crippen LogP contribution is 2.29. The lowest BCUT2D eigenvalue weighted by molar-refractivity contribution is 0.433. The van der Waals surface area contributed by atoms with E-state index in [1.165, 1.54) is 11.3 Å². The Balaban J connectivity index is 2.06. The smallest absolute Gasteiger partial charge is 0.269 e. The largest absolute Gasteiger partial charge is 0.333 e.